The number of allylic oxidation sites excluding steroid dienone is 1. The Balaban J connectivity index is 1.39. The topological polar surface area (TPSA) is 104 Å². The monoisotopic (exact) mass is 432 g/mol. The van der Waals surface area contributed by atoms with E-state index < -0.39 is 12.1 Å². The average molecular weight is 432 g/mol. The lowest BCUT2D eigenvalue weighted by atomic mass is 9.88. The van der Waals surface area contributed by atoms with Crippen LogP contribution in [0.4, 0.5) is 0 Å². The zero-order valence-electron chi connectivity index (χ0n) is 16.1. The molecule has 0 spiro atoms. The molecule has 2 unspecified atom stereocenters. The number of thiophene rings is 1. The fourth-order valence-electron chi connectivity index (χ4n) is 3.56. The van der Waals surface area contributed by atoms with Gasteiger partial charge in [0.1, 0.15) is 29.7 Å². The van der Waals surface area contributed by atoms with Crippen molar-refractivity contribution in [2.75, 3.05) is 6.61 Å². The van der Waals surface area contributed by atoms with Crippen LogP contribution in [0.3, 0.4) is 0 Å². The summed E-state index contributed by atoms with van der Waals surface area (Å²) < 4.78 is 22.5. The zero-order chi connectivity index (χ0) is 21.4. The van der Waals surface area contributed by atoms with E-state index in [1.165, 1.54) is 11.3 Å². The average Bonchev–Trinajstić information content (AvgIpc) is 3.32. The van der Waals surface area contributed by atoms with Crippen molar-refractivity contribution in [1.29, 1.82) is 5.26 Å². The summed E-state index contributed by atoms with van der Waals surface area (Å²) in [4.78, 5) is 13.6. The molecule has 7 nitrogen and oxygen atoms in total. The fourth-order valence-corrected chi connectivity index (χ4v) is 4.42. The van der Waals surface area contributed by atoms with Crippen molar-refractivity contribution in [2.45, 2.75) is 12.0 Å². The molecular weight excluding hydrogens is 416 g/mol. The first-order valence-electron chi connectivity index (χ1n) is 9.49. The number of nitrogens with two attached hydrogens (primary N) is 1. The van der Waals surface area contributed by atoms with Crippen LogP contribution < -0.4 is 24.7 Å². The number of carbonyl (C=O) groups is 1. The molecule has 2 N–H and O–H groups in total. The Hall–Kier alpha value is -3.96. The molecule has 0 aliphatic carbocycles. The van der Waals surface area contributed by atoms with E-state index in [-0.39, 0.29) is 24.2 Å². The van der Waals surface area contributed by atoms with Crippen LogP contribution in [-0.4, -0.2) is 18.7 Å². The predicted molar refractivity (Wildman–Crippen MR) is 112 cm³/mol. The molecule has 3 aromatic rings. The second kappa shape index (κ2) is 7.70. The van der Waals surface area contributed by atoms with Crippen LogP contribution >= 0.6 is 11.3 Å². The number of para-hydroxylation sites is 2. The second-order valence-corrected chi connectivity index (χ2v) is 7.90. The molecule has 0 bridgehead atoms. The highest BCUT2D eigenvalue weighted by Gasteiger charge is 2.33. The molecule has 2 aliphatic heterocycles. The first kappa shape index (κ1) is 19.0. The van der Waals surface area contributed by atoms with E-state index in [2.05, 4.69) is 6.07 Å². The minimum atomic E-state index is -0.888. The third-order valence-electron chi connectivity index (χ3n) is 5.01. The normalized spacial score (nSPS) is 19.1. The van der Waals surface area contributed by atoms with E-state index in [1.807, 2.05) is 23.6 Å². The molecule has 5 rings (SSSR count). The Morgan fingerprint density at radius 2 is 1.97 bits per heavy atom. The van der Waals surface area contributed by atoms with E-state index in [4.69, 9.17) is 24.7 Å². The Morgan fingerprint density at radius 1 is 1.13 bits per heavy atom. The summed E-state index contributed by atoms with van der Waals surface area (Å²) >= 11 is 1.53. The van der Waals surface area contributed by atoms with Gasteiger partial charge in [0.05, 0.1) is 5.92 Å². The first-order valence-corrected chi connectivity index (χ1v) is 10.4. The second-order valence-electron chi connectivity index (χ2n) is 6.93. The maximum absolute atomic E-state index is 12.6. The highest BCUT2D eigenvalue weighted by molar-refractivity contribution is 7.10. The molecule has 154 valence electrons. The Bertz CT molecular complexity index is 1230. The number of carbonyl (C=O) groups excluding carboxylic acids is 1. The van der Waals surface area contributed by atoms with E-state index >= 15 is 0 Å². The molecule has 0 amide bonds. The van der Waals surface area contributed by atoms with E-state index in [0.717, 1.165) is 10.4 Å². The van der Waals surface area contributed by atoms with Crippen molar-refractivity contribution < 1.29 is 23.7 Å². The van der Waals surface area contributed by atoms with Gasteiger partial charge in [0.25, 0.3) is 0 Å². The Morgan fingerprint density at radius 3 is 2.74 bits per heavy atom. The van der Waals surface area contributed by atoms with Crippen molar-refractivity contribution in [3.8, 4) is 29.1 Å². The van der Waals surface area contributed by atoms with Crippen LogP contribution in [0.25, 0.3) is 0 Å². The molecule has 0 saturated carbocycles. The summed E-state index contributed by atoms with van der Waals surface area (Å²) in [5.41, 5.74) is 7.14. The van der Waals surface area contributed by atoms with Gasteiger partial charge in [-0.15, -0.1) is 11.3 Å². The number of nitriles is 1. The van der Waals surface area contributed by atoms with Crippen molar-refractivity contribution in [2.24, 2.45) is 5.73 Å². The van der Waals surface area contributed by atoms with Crippen LogP contribution in [0, 0.1) is 11.3 Å². The van der Waals surface area contributed by atoms with Crippen molar-refractivity contribution in [1.82, 2.24) is 0 Å². The lowest BCUT2D eigenvalue weighted by Crippen LogP contribution is -2.39. The summed E-state index contributed by atoms with van der Waals surface area (Å²) in [7, 11) is 0. The van der Waals surface area contributed by atoms with Gasteiger partial charge in [0.15, 0.2) is 11.5 Å². The van der Waals surface area contributed by atoms with Gasteiger partial charge in [-0.1, -0.05) is 24.3 Å². The van der Waals surface area contributed by atoms with Crippen LogP contribution in [0.15, 0.2) is 71.4 Å². The van der Waals surface area contributed by atoms with Gasteiger partial charge in [-0.25, -0.2) is 4.79 Å². The van der Waals surface area contributed by atoms with Gasteiger partial charge < -0.3 is 24.7 Å². The number of hydrogen-bond donors (Lipinski definition) is 1. The largest absolute Gasteiger partial charge is 0.485 e. The summed E-state index contributed by atoms with van der Waals surface area (Å²) in [5, 5.41) is 11.5. The van der Waals surface area contributed by atoms with Gasteiger partial charge in [-0.2, -0.15) is 5.26 Å². The minimum absolute atomic E-state index is 0.0393. The molecule has 31 heavy (non-hydrogen) atoms. The standard InChI is InChI=1S/C23H16N2O5S/c24-11-15-21(20-6-3-9-31-20)14-8-7-13(10-18(14)30-22(15)25)28-23(26)19-12-27-16-4-1-2-5-17(16)29-19/h1-10,19,21H,12,25H2. The number of hydrogen-bond acceptors (Lipinski definition) is 8. The Kier molecular flexibility index (Phi) is 4.73. The molecule has 0 fully saturated rings. The lowest BCUT2D eigenvalue weighted by molar-refractivity contribution is -0.144. The number of ether oxygens (including phenoxy) is 4. The Labute approximate surface area is 181 Å². The lowest BCUT2D eigenvalue weighted by Gasteiger charge is -2.26. The molecule has 2 atom stereocenters. The van der Waals surface area contributed by atoms with Gasteiger partial charge in [-0.3, -0.25) is 0 Å². The minimum Gasteiger partial charge on any atom is -0.485 e. The molecule has 0 radical (unpaired) electrons. The van der Waals surface area contributed by atoms with Gasteiger partial charge in [-0.05, 0) is 29.6 Å². The van der Waals surface area contributed by atoms with Crippen molar-refractivity contribution in [3.63, 3.8) is 0 Å². The molecular formula is C23H16N2O5S. The van der Waals surface area contributed by atoms with E-state index in [1.54, 1.807) is 36.4 Å². The molecule has 1 aromatic heterocycles. The first-order chi connectivity index (χ1) is 15.1. The van der Waals surface area contributed by atoms with Crippen LogP contribution in [0.1, 0.15) is 16.4 Å². The fraction of sp³-hybridized carbons (Fsp3) is 0.130. The third kappa shape index (κ3) is 3.45. The zero-order valence-corrected chi connectivity index (χ0v) is 16.9. The SMILES string of the molecule is N#CC1=C(N)Oc2cc(OC(=O)C3COc4ccccc4O3)ccc2C1c1cccs1. The van der Waals surface area contributed by atoms with E-state index in [0.29, 0.717) is 22.8 Å². The van der Waals surface area contributed by atoms with Crippen LogP contribution in [-0.2, 0) is 4.79 Å². The number of fused-ring (bicyclic) bond motifs is 2. The molecule has 2 aliphatic rings. The van der Waals surface area contributed by atoms with Gasteiger partial charge in [0, 0.05) is 16.5 Å². The molecule has 8 heteroatoms. The highest BCUT2D eigenvalue weighted by atomic mass is 32.1. The highest BCUT2D eigenvalue weighted by Crippen LogP contribution is 2.44. The van der Waals surface area contributed by atoms with Gasteiger partial charge in [0.2, 0.25) is 12.0 Å². The predicted octanol–water partition coefficient (Wildman–Crippen LogP) is 3.71. The maximum Gasteiger partial charge on any atom is 0.356 e. The van der Waals surface area contributed by atoms with Crippen molar-refractivity contribution in [3.05, 3.63) is 81.9 Å². The third-order valence-corrected chi connectivity index (χ3v) is 5.95. The van der Waals surface area contributed by atoms with E-state index in [9.17, 15) is 10.1 Å². The molecule has 2 aromatic carbocycles. The summed E-state index contributed by atoms with van der Waals surface area (Å²) in [5.74, 6) is 0.925. The maximum atomic E-state index is 12.6. The smallest absolute Gasteiger partial charge is 0.356 e. The quantitative estimate of drug-likeness (QED) is 0.497. The summed E-state index contributed by atoms with van der Waals surface area (Å²) in [6.45, 7) is 0.0545. The summed E-state index contributed by atoms with van der Waals surface area (Å²) in [6, 6.07) is 18.2. The molecule has 3 heterocycles. The number of benzene rings is 2. The number of esters is 1. The van der Waals surface area contributed by atoms with Crippen LogP contribution in [0.2, 0.25) is 0 Å². The van der Waals surface area contributed by atoms with Crippen LogP contribution in [0.5, 0.6) is 23.0 Å². The molecule has 0 saturated heterocycles. The number of nitrogens with zero attached hydrogens (tertiary/aromatic N) is 1. The number of rotatable bonds is 3. The van der Waals surface area contributed by atoms with Crippen molar-refractivity contribution >= 4 is 17.3 Å². The summed E-state index contributed by atoms with van der Waals surface area (Å²) in [6.07, 6.45) is -0.888. The van der Waals surface area contributed by atoms with Gasteiger partial charge >= 0.3 is 5.97 Å².